The molecule has 5 heteroatoms. The van der Waals surface area contributed by atoms with Gasteiger partial charge in [0.15, 0.2) is 0 Å². The molecule has 3 nitrogen and oxygen atoms in total. The molecule has 0 heterocycles. The number of hydrogen-bond donors (Lipinski definition) is 0. The average Bonchev–Trinajstić information content (AvgIpc) is 2.08. The summed E-state index contributed by atoms with van der Waals surface area (Å²) in [5.41, 5.74) is 1.68. The van der Waals surface area contributed by atoms with Gasteiger partial charge < -0.3 is 0 Å². The predicted octanol–water partition coefficient (Wildman–Crippen LogP) is 2.04. The molecule has 16 heavy (non-hydrogen) atoms. The maximum absolute atomic E-state index is 13.0. The van der Waals surface area contributed by atoms with Crippen molar-refractivity contribution in [1.29, 1.82) is 0 Å². The van der Waals surface area contributed by atoms with Crippen LogP contribution in [-0.4, -0.2) is 20.8 Å². The number of hydrogen-bond acceptors (Lipinski definition) is 3. The molecule has 0 N–H and O–H groups in total. The quantitative estimate of drug-likeness (QED) is 0.764. The monoisotopic (exact) mass is 246 g/mol. The molecule has 0 aromatic heterocycles. The van der Waals surface area contributed by atoms with Gasteiger partial charge in [0.05, 0.1) is 12.4 Å². The van der Waals surface area contributed by atoms with Gasteiger partial charge in [0.25, 0.3) is 10.1 Å². The minimum absolute atomic E-state index is 0.327. The van der Waals surface area contributed by atoms with Gasteiger partial charge in [-0.25, -0.2) is 4.39 Å². The summed E-state index contributed by atoms with van der Waals surface area (Å²) >= 11 is 0. The van der Waals surface area contributed by atoms with Gasteiger partial charge in [-0.15, -0.1) is 0 Å². The first kappa shape index (κ1) is 13.1. The highest BCUT2D eigenvalue weighted by molar-refractivity contribution is 7.86. The topological polar surface area (TPSA) is 43.4 Å². The largest absolute Gasteiger partial charge is 0.267 e. The van der Waals surface area contributed by atoms with E-state index in [4.69, 9.17) is 4.18 Å². The van der Waals surface area contributed by atoms with E-state index in [1.807, 2.05) is 6.92 Å². The number of aryl methyl sites for hydroxylation is 1. The van der Waals surface area contributed by atoms with Crippen LogP contribution in [0.25, 0.3) is 0 Å². The van der Waals surface area contributed by atoms with Crippen molar-refractivity contribution in [2.24, 2.45) is 0 Å². The van der Waals surface area contributed by atoms with E-state index in [1.165, 1.54) is 12.1 Å². The summed E-state index contributed by atoms with van der Waals surface area (Å²) in [5.74, 6) is -0.327. The fraction of sp³-hybridized carbons (Fsp3) is 0.455. The molecule has 90 valence electrons. The van der Waals surface area contributed by atoms with Crippen molar-refractivity contribution < 1.29 is 17.0 Å². The lowest BCUT2D eigenvalue weighted by molar-refractivity contribution is 0.231. The van der Waals surface area contributed by atoms with Crippen molar-refractivity contribution in [3.8, 4) is 0 Å². The molecular formula is C11H15FO3S. The van der Waals surface area contributed by atoms with Gasteiger partial charge in [0.2, 0.25) is 0 Å². The van der Waals surface area contributed by atoms with E-state index in [0.717, 1.165) is 17.4 Å². The van der Waals surface area contributed by atoms with Crippen LogP contribution >= 0.6 is 0 Å². The molecule has 0 fully saturated rings. The van der Waals surface area contributed by atoms with Crippen molar-refractivity contribution in [2.45, 2.75) is 26.4 Å². The first-order valence-electron chi connectivity index (χ1n) is 4.91. The molecule has 1 aromatic rings. The van der Waals surface area contributed by atoms with E-state index in [1.54, 1.807) is 13.0 Å². The highest BCUT2D eigenvalue weighted by atomic mass is 32.2. The molecule has 0 bridgehead atoms. The first-order chi connectivity index (χ1) is 7.28. The zero-order chi connectivity index (χ0) is 12.3. The Kier molecular flexibility index (Phi) is 4.04. The number of halogens is 1. The predicted molar refractivity (Wildman–Crippen MR) is 60.2 cm³/mol. The van der Waals surface area contributed by atoms with E-state index in [0.29, 0.717) is 6.42 Å². The first-order valence-corrected chi connectivity index (χ1v) is 6.73. The van der Waals surface area contributed by atoms with Crippen molar-refractivity contribution >= 4 is 10.1 Å². The van der Waals surface area contributed by atoms with Gasteiger partial charge in [-0.05, 0) is 37.1 Å². The fourth-order valence-corrected chi connectivity index (χ4v) is 2.17. The van der Waals surface area contributed by atoms with Crippen LogP contribution in [0, 0.1) is 12.7 Å². The van der Waals surface area contributed by atoms with Gasteiger partial charge >= 0.3 is 0 Å². The fourth-order valence-electron chi connectivity index (χ4n) is 1.50. The summed E-state index contributed by atoms with van der Waals surface area (Å²) in [6.07, 6.45) is 0.883. The van der Waals surface area contributed by atoms with Crippen molar-refractivity contribution in [3.63, 3.8) is 0 Å². The van der Waals surface area contributed by atoms with E-state index >= 15 is 0 Å². The minimum Gasteiger partial charge on any atom is -0.267 e. The third-order valence-electron chi connectivity index (χ3n) is 2.16. The van der Waals surface area contributed by atoms with Crippen LogP contribution < -0.4 is 0 Å². The second-order valence-electron chi connectivity index (χ2n) is 3.89. The maximum Gasteiger partial charge on any atom is 0.264 e. The molecule has 0 aliphatic rings. The van der Waals surface area contributed by atoms with Crippen LogP contribution in [0.4, 0.5) is 4.39 Å². The standard InChI is InChI=1S/C11H15FO3S/c1-8-4-5-11(12)7-10(8)6-9(2)15-16(3,13)14/h4-5,7,9H,6H2,1-3H3/t9-/m1/s1. The summed E-state index contributed by atoms with van der Waals surface area (Å²) in [4.78, 5) is 0. The van der Waals surface area contributed by atoms with Gasteiger partial charge in [-0.2, -0.15) is 8.42 Å². The van der Waals surface area contributed by atoms with Crippen LogP contribution in [0.3, 0.4) is 0 Å². The number of rotatable bonds is 4. The Morgan fingerprint density at radius 2 is 2.06 bits per heavy atom. The van der Waals surface area contributed by atoms with Crippen molar-refractivity contribution in [3.05, 3.63) is 35.1 Å². The van der Waals surface area contributed by atoms with Gasteiger partial charge in [0, 0.05) is 6.42 Å². The van der Waals surface area contributed by atoms with Crippen LogP contribution in [0.15, 0.2) is 18.2 Å². The molecule has 0 saturated carbocycles. The molecule has 0 radical (unpaired) electrons. The molecule has 1 rings (SSSR count). The maximum atomic E-state index is 13.0. The summed E-state index contributed by atoms with van der Waals surface area (Å²) in [5, 5.41) is 0. The van der Waals surface area contributed by atoms with E-state index in [2.05, 4.69) is 0 Å². The Hall–Kier alpha value is -0.940. The molecule has 1 aromatic carbocycles. The highest BCUT2D eigenvalue weighted by Crippen LogP contribution is 2.14. The number of benzene rings is 1. The second kappa shape index (κ2) is 4.93. The van der Waals surface area contributed by atoms with Crippen molar-refractivity contribution in [2.75, 3.05) is 6.26 Å². The van der Waals surface area contributed by atoms with E-state index < -0.39 is 16.2 Å². The van der Waals surface area contributed by atoms with Gasteiger partial charge in [-0.3, -0.25) is 4.18 Å². The second-order valence-corrected chi connectivity index (χ2v) is 5.49. The van der Waals surface area contributed by atoms with Crippen LogP contribution in [0.5, 0.6) is 0 Å². The molecule has 1 atom stereocenters. The lowest BCUT2D eigenvalue weighted by Gasteiger charge is -2.12. The Morgan fingerprint density at radius 3 is 2.62 bits per heavy atom. The summed E-state index contributed by atoms with van der Waals surface area (Å²) in [7, 11) is -3.46. The molecule has 0 spiro atoms. The van der Waals surface area contributed by atoms with Crippen LogP contribution in [-0.2, 0) is 20.7 Å². The summed E-state index contributed by atoms with van der Waals surface area (Å²) < 4.78 is 39.5. The third-order valence-corrected chi connectivity index (χ3v) is 2.84. The van der Waals surface area contributed by atoms with Gasteiger partial charge in [0.1, 0.15) is 5.82 Å². The van der Waals surface area contributed by atoms with E-state index in [9.17, 15) is 12.8 Å². The Morgan fingerprint density at radius 1 is 1.44 bits per heavy atom. The zero-order valence-corrected chi connectivity index (χ0v) is 10.3. The smallest absolute Gasteiger partial charge is 0.264 e. The zero-order valence-electron chi connectivity index (χ0n) is 9.53. The average molecular weight is 246 g/mol. The normalized spacial score (nSPS) is 13.8. The van der Waals surface area contributed by atoms with Crippen LogP contribution in [0.1, 0.15) is 18.1 Å². The molecule has 0 aliphatic carbocycles. The third kappa shape index (κ3) is 4.28. The Balaban J connectivity index is 2.77. The van der Waals surface area contributed by atoms with E-state index in [-0.39, 0.29) is 5.82 Å². The summed E-state index contributed by atoms with van der Waals surface area (Å²) in [6.45, 7) is 3.49. The molecule has 0 saturated heterocycles. The lowest BCUT2D eigenvalue weighted by atomic mass is 10.0. The van der Waals surface area contributed by atoms with Crippen molar-refractivity contribution in [1.82, 2.24) is 0 Å². The Labute approximate surface area is 95.4 Å². The minimum atomic E-state index is -3.46. The Bertz CT molecular complexity index is 468. The SMILES string of the molecule is Cc1ccc(F)cc1C[C@@H](C)OS(C)(=O)=O. The molecular weight excluding hydrogens is 231 g/mol. The molecule has 0 amide bonds. The van der Waals surface area contributed by atoms with Crippen LogP contribution in [0.2, 0.25) is 0 Å². The van der Waals surface area contributed by atoms with Gasteiger partial charge in [-0.1, -0.05) is 6.07 Å². The highest BCUT2D eigenvalue weighted by Gasteiger charge is 2.12. The summed E-state index contributed by atoms with van der Waals surface area (Å²) in [6, 6.07) is 4.44. The molecule has 0 aliphatic heterocycles. The molecule has 0 unspecified atom stereocenters. The lowest BCUT2D eigenvalue weighted by Crippen LogP contribution is -2.17.